The maximum absolute atomic E-state index is 9.79. The quantitative estimate of drug-likeness (QED) is 0.458. The van der Waals surface area contributed by atoms with Gasteiger partial charge in [-0.05, 0) is 49.5 Å². The van der Waals surface area contributed by atoms with E-state index in [1.807, 2.05) is 6.92 Å². The number of hydrogen-bond donors (Lipinski definition) is 1. The van der Waals surface area contributed by atoms with E-state index in [0.29, 0.717) is 11.3 Å². The number of hydrogen-bond acceptors (Lipinski definition) is 1. The summed E-state index contributed by atoms with van der Waals surface area (Å²) in [5.74, 6) is 0.699. The van der Waals surface area contributed by atoms with Gasteiger partial charge in [-0.25, -0.2) is 0 Å². The summed E-state index contributed by atoms with van der Waals surface area (Å²) in [4.78, 5) is 0. The number of allylic oxidation sites excluding steroid dienone is 1. The van der Waals surface area contributed by atoms with Crippen molar-refractivity contribution in [3.8, 4) is 0 Å². The Bertz CT molecular complexity index is 232. The molecule has 0 bridgehead atoms. The summed E-state index contributed by atoms with van der Waals surface area (Å²) in [6.07, 6.45) is 9.14. The molecule has 0 heterocycles. The van der Waals surface area contributed by atoms with E-state index in [0.717, 1.165) is 12.8 Å². The second kappa shape index (κ2) is 8.74. The molecule has 0 aliphatic carbocycles. The molecule has 0 saturated heterocycles. The van der Waals surface area contributed by atoms with E-state index in [1.54, 1.807) is 0 Å². The molecule has 0 aliphatic rings. The maximum Gasteiger partial charge on any atom is 0.0721 e. The summed E-state index contributed by atoms with van der Waals surface area (Å²) in [7, 11) is 0. The molecule has 18 heavy (non-hydrogen) atoms. The smallest absolute Gasteiger partial charge is 0.0721 e. The van der Waals surface area contributed by atoms with Gasteiger partial charge in [-0.1, -0.05) is 53.5 Å². The molecule has 0 saturated carbocycles. The van der Waals surface area contributed by atoms with E-state index < -0.39 is 0 Å². The fourth-order valence-corrected chi connectivity index (χ4v) is 2.54. The van der Waals surface area contributed by atoms with Gasteiger partial charge in [0.15, 0.2) is 0 Å². The molecular weight excluding hydrogens is 220 g/mol. The highest BCUT2D eigenvalue weighted by Crippen LogP contribution is 2.27. The van der Waals surface area contributed by atoms with Crippen molar-refractivity contribution in [1.82, 2.24) is 0 Å². The lowest BCUT2D eigenvalue weighted by atomic mass is 9.83. The van der Waals surface area contributed by atoms with Crippen LogP contribution in [0.5, 0.6) is 0 Å². The highest BCUT2D eigenvalue weighted by molar-refractivity contribution is 5.07. The predicted molar refractivity (Wildman–Crippen MR) is 81.8 cm³/mol. The Kier molecular flexibility index (Phi) is 8.60. The van der Waals surface area contributed by atoms with Crippen molar-refractivity contribution in [2.75, 3.05) is 0 Å². The van der Waals surface area contributed by atoms with Crippen molar-refractivity contribution in [3.63, 3.8) is 0 Å². The maximum atomic E-state index is 9.79. The molecule has 1 nitrogen and oxygen atoms in total. The molecule has 0 fully saturated rings. The van der Waals surface area contributed by atoms with Gasteiger partial charge in [-0.15, -0.1) is 0 Å². The summed E-state index contributed by atoms with van der Waals surface area (Å²) in [6.45, 7) is 13.3. The molecule has 108 valence electrons. The largest absolute Gasteiger partial charge is 0.389 e. The molecule has 0 spiro atoms. The minimum Gasteiger partial charge on any atom is -0.389 e. The molecule has 2 atom stereocenters. The predicted octanol–water partition coefficient (Wildman–Crippen LogP) is 5.34. The molecule has 0 amide bonds. The topological polar surface area (TPSA) is 20.2 Å². The fourth-order valence-electron chi connectivity index (χ4n) is 2.54. The lowest BCUT2D eigenvalue weighted by molar-refractivity contribution is 0.225. The molecule has 0 aromatic heterocycles. The zero-order valence-electron chi connectivity index (χ0n) is 13.4. The first-order valence-electron chi connectivity index (χ1n) is 7.63. The first-order chi connectivity index (χ1) is 8.26. The number of rotatable bonds is 8. The van der Waals surface area contributed by atoms with Gasteiger partial charge in [0.05, 0.1) is 6.10 Å². The Balaban J connectivity index is 4.22. The van der Waals surface area contributed by atoms with Crippen LogP contribution in [0.3, 0.4) is 0 Å². The Morgan fingerprint density at radius 1 is 1.17 bits per heavy atom. The normalized spacial score (nSPS) is 16.7. The van der Waals surface area contributed by atoms with Gasteiger partial charge in [-0.2, -0.15) is 0 Å². The zero-order valence-corrected chi connectivity index (χ0v) is 13.4. The Labute approximate surface area is 115 Å². The summed E-state index contributed by atoms with van der Waals surface area (Å²) in [5, 5.41) is 9.79. The van der Waals surface area contributed by atoms with Crippen molar-refractivity contribution in [3.05, 3.63) is 11.6 Å². The summed E-state index contributed by atoms with van der Waals surface area (Å²) in [6, 6.07) is 0. The lowest BCUT2D eigenvalue weighted by Crippen LogP contribution is -2.11. The van der Waals surface area contributed by atoms with Crippen LogP contribution in [-0.4, -0.2) is 11.2 Å². The number of aliphatic hydroxyl groups excluding tert-OH is 1. The van der Waals surface area contributed by atoms with E-state index in [1.165, 1.54) is 31.3 Å². The van der Waals surface area contributed by atoms with Crippen molar-refractivity contribution < 1.29 is 5.11 Å². The van der Waals surface area contributed by atoms with Gasteiger partial charge in [0, 0.05) is 0 Å². The molecule has 1 heteroatoms. The monoisotopic (exact) mass is 254 g/mol. The number of aliphatic hydroxyl groups is 1. The molecular formula is C17H34O. The highest BCUT2D eigenvalue weighted by Gasteiger charge is 2.15. The van der Waals surface area contributed by atoms with Gasteiger partial charge in [0.2, 0.25) is 0 Å². The first kappa shape index (κ1) is 17.7. The van der Waals surface area contributed by atoms with Gasteiger partial charge in [0.25, 0.3) is 0 Å². The molecule has 0 aliphatic heterocycles. The van der Waals surface area contributed by atoms with Crippen molar-refractivity contribution in [1.29, 1.82) is 0 Å². The standard InChI is InChI=1S/C17H34O/c1-7-8-9-10-16(15(3)18)12-11-14(2)13-17(4,5)6/h12,14-15,18H,7-11,13H2,1-6H3. The zero-order chi connectivity index (χ0) is 14.2. The van der Waals surface area contributed by atoms with Crippen molar-refractivity contribution >= 4 is 0 Å². The lowest BCUT2D eigenvalue weighted by Gasteiger charge is -2.22. The fraction of sp³-hybridized carbons (Fsp3) is 0.882. The number of unbranched alkanes of at least 4 members (excludes halogenated alkanes) is 2. The minimum absolute atomic E-state index is 0.274. The molecule has 1 N–H and O–H groups in total. The van der Waals surface area contributed by atoms with Gasteiger partial charge in [0.1, 0.15) is 0 Å². The van der Waals surface area contributed by atoms with Crippen LogP contribution in [0, 0.1) is 11.3 Å². The molecule has 0 aromatic carbocycles. The average Bonchev–Trinajstić information content (AvgIpc) is 2.20. The Morgan fingerprint density at radius 3 is 2.22 bits per heavy atom. The van der Waals surface area contributed by atoms with E-state index in [9.17, 15) is 5.11 Å². The van der Waals surface area contributed by atoms with Crippen LogP contribution in [0.1, 0.15) is 80.1 Å². The third kappa shape index (κ3) is 9.70. The third-order valence-electron chi connectivity index (χ3n) is 3.35. The van der Waals surface area contributed by atoms with Crippen LogP contribution in [-0.2, 0) is 0 Å². The molecule has 0 aromatic rings. The van der Waals surface area contributed by atoms with Gasteiger partial charge in [-0.3, -0.25) is 0 Å². The molecule has 2 unspecified atom stereocenters. The average molecular weight is 254 g/mol. The van der Waals surface area contributed by atoms with Gasteiger partial charge < -0.3 is 5.11 Å². The van der Waals surface area contributed by atoms with E-state index >= 15 is 0 Å². The van der Waals surface area contributed by atoms with Crippen LogP contribution < -0.4 is 0 Å². The minimum atomic E-state index is -0.274. The Morgan fingerprint density at radius 2 is 1.78 bits per heavy atom. The first-order valence-corrected chi connectivity index (χ1v) is 7.63. The van der Waals surface area contributed by atoms with E-state index in [2.05, 4.69) is 40.7 Å². The van der Waals surface area contributed by atoms with Crippen LogP contribution in [0.4, 0.5) is 0 Å². The summed E-state index contributed by atoms with van der Waals surface area (Å²) < 4.78 is 0. The van der Waals surface area contributed by atoms with E-state index in [4.69, 9.17) is 0 Å². The van der Waals surface area contributed by atoms with E-state index in [-0.39, 0.29) is 6.10 Å². The van der Waals surface area contributed by atoms with Gasteiger partial charge >= 0.3 is 0 Å². The summed E-state index contributed by atoms with van der Waals surface area (Å²) >= 11 is 0. The van der Waals surface area contributed by atoms with Crippen molar-refractivity contribution in [2.45, 2.75) is 86.2 Å². The second-order valence-corrected chi connectivity index (χ2v) is 7.02. The van der Waals surface area contributed by atoms with Crippen LogP contribution in [0.2, 0.25) is 0 Å². The molecule has 0 radical (unpaired) electrons. The van der Waals surface area contributed by atoms with Crippen LogP contribution >= 0.6 is 0 Å². The Hall–Kier alpha value is -0.300. The third-order valence-corrected chi connectivity index (χ3v) is 3.35. The highest BCUT2D eigenvalue weighted by atomic mass is 16.3. The van der Waals surface area contributed by atoms with Crippen molar-refractivity contribution in [2.24, 2.45) is 11.3 Å². The summed E-state index contributed by atoms with van der Waals surface area (Å²) in [5.41, 5.74) is 1.64. The van der Waals surface area contributed by atoms with Crippen LogP contribution in [0.15, 0.2) is 11.6 Å². The SMILES string of the molecule is CCCCCC(=CCC(C)CC(C)(C)C)C(C)O. The van der Waals surface area contributed by atoms with Crippen LogP contribution in [0.25, 0.3) is 0 Å². The molecule has 0 rings (SSSR count). The second-order valence-electron chi connectivity index (χ2n) is 7.02.